The Hall–Kier alpha value is -9.78. The summed E-state index contributed by atoms with van der Waals surface area (Å²) in [5.41, 5.74) is 14.5. The van der Waals surface area contributed by atoms with Crippen molar-refractivity contribution in [2.75, 3.05) is 54.8 Å². The summed E-state index contributed by atoms with van der Waals surface area (Å²) in [6.45, 7) is 3.65. The van der Waals surface area contributed by atoms with Gasteiger partial charge in [0.15, 0.2) is 0 Å². The first kappa shape index (κ1) is 54.2. The molecule has 0 bridgehead atoms. The molecule has 3 aliphatic heterocycles. The van der Waals surface area contributed by atoms with Crippen molar-refractivity contribution >= 4 is 68.9 Å². The molecule has 3 aliphatic rings. The molecule has 7 heterocycles. The topological polar surface area (TPSA) is 225 Å². The van der Waals surface area contributed by atoms with Crippen LogP contribution < -0.4 is 36.6 Å². The van der Waals surface area contributed by atoms with Crippen LogP contribution in [0.4, 0.5) is 30.5 Å². The molecule has 82 heavy (non-hydrogen) atoms. The van der Waals surface area contributed by atoms with Crippen LogP contribution in [0.3, 0.4) is 0 Å². The van der Waals surface area contributed by atoms with Crippen molar-refractivity contribution in [2.24, 2.45) is 7.05 Å². The zero-order valence-electron chi connectivity index (χ0n) is 44.5. The Morgan fingerprint density at radius 3 is 2.39 bits per heavy atom. The number of hydrogen-bond acceptors (Lipinski definition) is 12. The number of hydrogen-bond donors (Lipinski definition) is 3. The molecular formula is C60H55F3N12O7. The molecule has 8 aromatic rings. The van der Waals surface area contributed by atoms with Crippen molar-refractivity contribution in [3.63, 3.8) is 0 Å². The van der Waals surface area contributed by atoms with Crippen molar-refractivity contribution in [1.29, 1.82) is 0 Å². The van der Waals surface area contributed by atoms with Crippen LogP contribution in [0.5, 0.6) is 5.75 Å². The number of alkyl halides is 3. The highest BCUT2D eigenvalue weighted by Crippen LogP contribution is 2.38. The van der Waals surface area contributed by atoms with Gasteiger partial charge in [-0.25, -0.2) is 19.7 Å². The standard InChI is InChI=1S/C60H55F3N12O7/c1-70-49-31-38(10-16-47(49)75(59(70)81)48-18-20-51(76)69-58(48)80)12-21-52(77)72-28-26-71(27-29-72)50-19-11-39(34-66-50)7-6-37-8-13-41(14-9-37)57(79)65-23-3-24-73-35-45(54-55(64)67-36-68-56(54)73)42-15-17-46-43(33-42)22-25-74(46)53(78)32-40-4-2-5-44(30-40)82-60(61,62)63/h2,4-5,8-11,13-17,19,30-31,33-36,48H,3,12,18,20-29,32H2,1H3,(H,65,79)(H2,64,67,68)(H,69,76,80). The van der Waals surface area contributed by atoms with Gasteiger partial charge in [0.05, 0.1) is 22.8 Å². The van der Waals surface area contributed by atoms with Crippen LogP contribution in [0.2, 0.25) is 0 Å². The van der Waals surface area contributed by atoms with Gasteiger partial charge in [0.2, 0.25) is 23.6 Å². The Kier molecular flexibility index (Phi) is 15.0. The SMILES string of the molecule is Cn1c(=O)n(C2CCC(=O)NC2=O)c2ccc(CCC(=O)N3CCN(c4ccc(C#Cc5ccc(C(=O)NCCCn6cc(-c7ccc8c(c7)CCN8C(=O)Cc7cccc(OC(F)(F)F)c7)c7c(N)ncnc76)cc5)cn4)CC3)cc21. The number of aromatic nitrogens is 6. The lowest BCUT2D eigenvalue weighted by molar-refractivity contribution is -0.274. The Balaban J connectivity index is 0.632. The molecule has 0 aliphatic carbocycles. The second kappa shape index (κ2) is 22.8. The molecule has 22 heteroatoms. The van der Waals surface area contributed by atoms with Crippen molar-refractivity contribution in [3.8, 4) is 28.7 Å². The van der Waals surface area contributed by atoms with E-state index in [9.17, 15) is 41.9 Å². The van der Waals surface area contributed by atoms with Crippen LogP contribution in [0.25, 0.3) is 33.2 Å². The fraction of sp³-hybridized carbons (Fsp3) is 0.283. The maximum absolute atomic E-state index is 13.4. The zero-order valence-corrected chi connectivity index (χ0v) is 44.5. The third kappa shape index (κ3) is 11.6. The molecular weight excluding hydrogens is 1060 g/mol. The van der Waals surface area contributed by atoms with Crippen molar-refractivity contribution in [3.05, 3.63) is 160 Å². The molecule has 418 valence electrons. The number of nitrogens with one attached hydrogen (secondary N) is 2. The van der Waals surface area contributed by atoms with Gasteiger partial charge in [-0.05, 0) is 121 Å². The third-order valence-electron chi connectivity index (χ3n) is 15.1. The molecule has 0 saturated carbocycles. The fourth-order valence-corrected chi connectivity index (χ4v) is 10.9. The fourth-order valence-electron chi connectivity index (χ4n) is 10.9. The second-order valence-electron chi connectivity index (χ2n) is 20.4. The van der Waals surface area contributed by atoms with Gasteiger partial charge >= 0.3 is 12.1 Å². The summed E-state index contributed by atoms with van der Waals surface area (Å²) in [5, 5.41) is 6.00. The Morgan fingerprint density at radius 2 is 1.62 bits per heavy atom. The number of carbonyl (C=O) groups is 5. The number of imide groups is 1. The minimum absolute atomic E-state index is 0.0386. The predicted octanol–water partition coefficient (Wildman–Crippen LogP) is 6.24. The van der Waals surface area contributed by atoms with Crippen LogP contribution in [-0.4, -0.2) is 109 Å². The van der Waals surface area contributed by atoms with Crippen LogP contribution in [0.1, 0.15) is 69.9 Å². The Bertz CT molecular complexity index is 3950. The number of ether oxygens (including phenoxy) is 1. The molecule has 19 nitrogen and oxygen atoms in total. The third-order valence-corrected chi connectivity index (χ3v) is 15.1. The minimum atomic E-state index is -4.84. The summed E-state index contributed by atoms with van der Waals surface area (Å²) >= 11 is 0. The quantitative estimate of drug-likeness (QED) is 0.0626. The smallest absolute Gasteiger partial charge is 0.406 e. The van der Waals surface area contributed by atoms with E-state index in [4.69, 9.17) is 5.73 Å². The van der Waals surface area contributed by atoms with E-state index in [-0.39, 0.29) is 54.3 Å². The molecule has 0 spiro atoms. The number of amides is 5. The Morgan fingerprint density at radius 1 is 0.829 bits per heavy atom. The van der Waals surface area contributed by atoms with Crippen LogP contribution in [0.15, 0.2) is 121 Å². The van der Waals surface area contributed by atoms with Crippen molar-refractivity contribution in [1.82, 2.24) is 44.2 Å². The first-order valence-corrected chi connectivity index (χ1v) is 26.8. The van der Waals surface area contributed by atoms with E-state index in [0.717, 1.165) is 44.9 Å². The number of anilines is 3. The van der Waals surface area contributed by atoms with Gasteiger partial charge in [-0.1, -0.05) is 36.1 Å². The largest absolute Gasteiger partial charge is 0.573 e. The number of halogens is 3. The molecule has 1 unspecified atom stereocenters. The number of piperidine rings is 1. The lowest BCUT2D eigenvalue weighted by Gasteiger charge is -2.35. The molecule has 2 fully saturated rings. The van der Waals surface area contributed by atoms with Gasteiger partial charge in [0.1, 0.15) is 35.4 Å². The Labute approximate surface area is 467 Å². The van der Waals surface area contributed by atoms with Gasteiger partial charge < -0.3 is 35.1 Å². The van der Waals surface area contributed by atoms with Gasteiger partial charge in [0, 0.05) is 106 Å². The summed E-state index contributed by atoms with van der Waals surface area (Å²) in [5.74, 6) is 5.74. The number of nitrogen functional groups attached to an aromatic ring is 1. The molecule has 5 amide bonds. The summed E-state index contributed by atoms with van der Waals surface area (Å²) in [6, 6.07) is 26.9. The maximum atomic E-state index is 13.4. The molecule has 4 N–H and O–H groups in total. The highest BCUT2D eigenvalue weighted by molar-refractivity contribution is 6.03. The van der Waals surface area contributed by atoms with Gasteiger partial charge in [-0.15, -0.1) is 13.2 Å². The van der Waals surface area contributed by atoms with E-state index in [1.807, 2.05) is 58.1 Å². The molecule has 4 aromatic heterocycles. The van der Waals surface area contributed by atoms with E-state index < -0.39 is 18.3 Å². The number of aryl methyl sites for hydroxylation is 3. The number of fused-ring (bicyclic) bond motifs is 3. The molecule has 2 saturated heterocycles. The summed E-state index contributed by atoms with van der Waals surface area (Å²) in [7, 11) is 1.65. The number of nitrogens with zero attached hydrogens (tertiary/aromatic N) is 9. The van der Waals surface area contributed by atoms with Crippen LogP contribution in [0, 0.1) is 11.8 Å². The minimum Gasteiger partial charge on any atom is -0.406 e. The lowest BCUT2D eigenvalue weighted by atomic mass is 10.0. The van der Waals surface area contributed by atoms with E-state index in [1.54, 1.807) is 54.5 Å². The van der Waals surface area contributed by atoms with Crippen LogP contribution in [-0.2, 0) is 52.0 Å². The normalized spacial score (nSPS) is 15.3. The summed E-state index contributed by atoms with van der Waals surface area (Å²) in [4.78, 5) is 96.4. The number of nitrogens with two attached hydrogens (primary N) is 1. The number of piperazine rings is 1. The van der Waals surface area contributed by atoms with Gasteiger partial charge in [-0.3, -0.25) is 38.4 Å². The van der Waals surface area contributed by atoms with Gasteiger partial charge in [0.25, 0.3) is 5.91 Å². The number of pyridine rings is 1. The predicted molar refractivity (Wildman–Crippen MR) is 300 cm³/mol. The maximum Gasteiger partial charge on any atom is 0.573 e. The average molecular weight is 1110 g/mol. The first-order chi connectivity index (χ1) is 39.5. The monoisotopic (exact) mass is 1110 g/mol. The summed E-state index contributed by atoms with van der Waals surface area (Å²) < 4.78 is 47.3. The number of rotatable bonds is 14. The lowest BCUT2D eigenvalue weighted by Crippen LogP contribution is -2.49. The number of carbonyl (C=O) groups excluding carboxylic acids is 5. The van der Waals surface area contributed by atoms with Gasteiger partial charge in [-0.2, -0.15) is 0 Å². The van der Waals surface area contributed by atoms with E-state index in [2.05, 4.69) is 47.1 Å². The summed E-state index contributed by atoms with van der Waals surface area (Å²) in [6.07, 6.45) is 2.52. The van der Waals surface area contributed by atoms with E-state index in [1.165, 1.54) is 33.7 Å². The number of benzene rings is 4. The first-order valence-electron chi connectivity index (χ1n) is 26.8. The van der Waals surface area contributed by atoms with Crippen LogP contribution >= 0.6 is 0 Å². The van der Waals surface area contributed by atoms with Crippen molar-refractivity contribution in [2.45, 2.75) is 63.9 Å². The van der Waals surface area contributed by atoms with E-state index in [0.29, 0.717) is 111 Å². The molecule has 11 rings (SSSR count). The highest BCUT2D eigenvalue weighted by Gasteiger charge is 2.33. The average Bonchev–Trinajstić information content (AvgIpc) is 3.87. The molecule has 0 radical (unpaired) electrons. The number of imidazole rings is 1. The van der Waals surface area contributed by atoms with E-state index >= 15 is 0 Å². The molecule has 1 atom stereocenters. The highest BCUT2D eigenvalue weighted by atomic mass is 19.4. The van der Waals surface area contributed by atoms with Crippen molar-refractivity contribution < 1.29 is 41.9 Å². The second-order valence-corrected chi connectivity index (χ2v) is 20.4. The zero-order chi connectivity index (χ0) is 57.2. The molecule has 4 aromatic carbocycles.